The van der Waals surface area contributed by atoms with Gasteiger partial charge in [-0.05, 0) is 11.6 Å². The largest absolute Gasteiger partial charge is 0.383 e. The van der Waals surface area contributed by atoms with E-state index in [0.29, 0.717) is 5.82 Å². The predicted octanol–water partition coefficient (Wildman–Crippen LogP) is 1.01. The molecule has 0 aromatic carbocycles. The first-order valence-corrected chi connectivity index (χ1v) is 3.52. The van der Waals surface area contributed by atoms with E-state index >= 15 is 0 Å². The normalized spacial score (nSPS) is 13.8. The number of aromatic nitrogens is 2. The number of hydrogen-bond acceptors (Lipinski definition) is 4. The lowest BCUT2D eigenvalue weighted by Crippen LogP contribution is -2.06. The molecule has 12 heavy (non-hydrogen) atoms. The number of anilines is 2. The minimum atomic E-state index is 0.460. The van der Waals surface area contributed by atoms with Gasteiger partial charge in [0.2, 0.25) is 0 Å². The van der Waals surface area contributed by atoms with Crippen LogP contribution in [-0.2, 0) is 0 Å². The molecule has 0 unspecified atom stereocenters. The third-order valence-corrected chi connectivity index (χ3v) is 1.70. The zero-order valence-corrected chi connectivity index (χ0v) is 6.41. The first-order chi connectivity index (χ1) is 5.79. The molecule has 0 aliphatic carbocycles. The second-order valence-corrected chi connectivity index (χ2v) is 2.49. The van der Waals surface area contributed by atoms with Crippen molar-refractivity contribution in [3.8, 4) is 0 Å². The molecular weight excluding hydrogens is 152 g/mol. The van der Waals surface area contributed by atoms with E-state index < -0.39 is 0 Å². The van der Waals surface area contributed by atoms with Gasteiger partial charge in [-0.2, -0.15) is 0 Å². The summed E-state index contributed by atoms with van der Waals surface area (Å²) >= 11 is 0. The monoisotopic (exact) mass is 160 g/mol. The van der Waals surface area contributed by atoms with Gasteiger partial charge in [-0.1, -0.05) is 6.58 Å². The van der Waals surface area contributed by atoms with Crippen LogP contribution >= 0.6 is 0 Å². The molecule has 0 radical (unpaired) electrons. The van der Waals surface area contributed by atoms with E-state index in [1.54, 1.807) is 6.20 Å². The summed E-state index contributed by atoms with van der Waals surface area (Å²) in [7, 11) is 0. The van der Waals surface area contributed by atoms with Gasteiger partial charge in [-0.3, -0.25) is 0 Å². The number of nitrogens with one attached hydrogen (secondary N) is 1. The Morgan fingerprint density at radius 1 is 1.42 bits per heavy atom. The molecule has 0 bridgehead atoms. The molecule has 1 aromatic rings. The average Bonchev–Trinajstić information content (AvgIpc) is 2.04. The topological polar surface area (TPSA) is 63.8 Å². The molecule has 1 aromatic heterocycles. The van der Waals surface area contributed by atoms with Crippen LogP contribution in [-0.4, -0.2) is 9.97 Å². The first kappa shape index (κ1) is 6.84. The Bertz CT molecular complexity index is 367. The molecule has 0 spiro atoms. The predicted molar refractivity (Wildman–Crippen MR) is 48.2 cm³/mol. The summed E-state index contributed by atoms with van der Waals surface area (Å²) in [5.41, 5.74) is 7.27. The SMILES string of the molecule is C=C1C=CNc2ncnc(N)c21. The van der Waals surface area contributed by atoms with E-state index in [9.17, 15) is 0 Å². The van der Waals surface area contributed by atoms with E-state index in [1.807, 2.05) is 6.08 Å². The maximum absolute atomic E-state index is 5.65. The highest BCUT2D eigenvalue weighted by Crippen LogP contribution is 2.28. The molecule has 1 aliphatic heterocycles. The van der Waals surface area contributed by atoms with Crippen molar-refractivity contribution in [1.82, 2.24) is 9.97 Å². The smallest absolute Gasteiger partial charge is 0.143 e. The van der Waals surface area contributed by atoms with Crippen LogP contribution in [0.5, 0.6) is 0 Å². The van der Waals surface area contributed by atoms with Crippen LogP contribution in [0, 0.1) is 0 Å². The summed E-state index contributed by atoms with van der Waals surface area (Å²) in [6.45, 7) is 3.83. The lowest BCUT2D eigenvalue weighted by atomic mass is 10.1. The van der Waals surface area contributed by atoms with E-state index in [1.165, 1.54) is 6.33 Å². The summed E-state index contributed by atoms with van der Waals surface area (Å²) in [5.74, 6) is 1.18. The van der Waals surface area contributed by atoms with Crippen LogP contribution in [0.2, 0.25) is 0 Å². The van der Waals surface area contributed by atoms with Crippen molar-refractivity contribution < 1.29 is 0 Å². The Morgan fingerprint density at radius 3 is 3.00 bits per heavy atom. The molecule has 2 rings (SSSR count). The number of nitrogens with zero attached hydrogens (tertiary/aromatic N) is 2. The van der Waals surface area contributed by atoms with E-state index in [4.69, 9.17) is 5.73 Å². The fraction of sp³-hybridized carbons (Fsp3) is 0. The second kappa shape index (κ2) is 2.34. The zero-order chi connectivity index (χ0) is 8.55. The van der Waals surface area contributed by atoms with Gasteiger partial charge in [-0.15, -0.1) is 0 Å². The van der Waals surface area contributed by atoms with Crippen molar-refractivity contribution in [2.45, 2.75) is 0 Å². The highest BCUT2D eigenvalue weighted by atomic mass is 15.0. The fourth-order valence-corrected chi connectivity index (χ4v) is 1.13. The quantitative estimate of drug-likeness (QED) is 0.594. The maximum Gasteiger partial charge on any atom is 0.143 e. The Hall–Kier alpha value is -1.84. The van der Waals surface area contributed by atoms with Crippen molar-refractivity contribution in [3.63, 3.8) is 0 Å². The van der Waals surface area contributed by atoms with Gasteiger partial charge in [0.1, 0.15) is 18.0 Å². The standard InChI is InChI=1S/C8H8N4/c1-5-2-3-10-8-6(5)7(9)11-4-12-8/h2-4H,1H2,(H3,9,10,11,12). The van der Waals surface area contributed by atoms with Crippen LogP contribution in [0.4, 0.5) is 11.6 Å². The number of hydrogen-bond donors (Lipinski definition) is 2. The van der Waals surface area contributed by atoms with Gasteiger partial charge >= 0.3 is 0 Å². The van der Waals surface area contributed by atoms with E-state index in [-0.39, 0.29) is 0 Å². The molecule has 4 heteroatoms. The lowest BCUT2D eigenvalue weighted by Gasteiger charge is -2.13. The molecule has 0 fully saturated rings. The Morgan fingerprint density at radius 2 is 2.25 bits per heavy atom. The maximum atomic E-state index is 5.65. The first-order valence-electron chi connectivity index (χ1n) is 3.52. The number of fused-ring (bicyclic) bond motifs is 1. The van der Waals surface area contributed by atoms with E-state index in [0.717, 1.165) is 17.0 Å². The fourth-order valence-electron chi connectivity index (χ4n) is 1.13. The number of rotatable bonds is 0. The van der Waals surface area contributed by atoms with Crippen molar-refractivity contribution in [2.24, 2.45) is 0 Å². The van der Waals surface area contributed by atoms with Crippen molar-refractivity contribution >= 4 is 17.2 Å². The summed E-state index contributed by atoms with van der Waals surface area (Å²) in [4.78, 5) is 7.89. The molecule has 1 aliphatic rings. The molecule has 0 saturated carbocycles. The van der Waals surface area contributed by atoms with Gasteiger partial charge in [0.25, 0.3) is 0 Å². The molecule has 0 amide bonds. The summed E-state index contributed by atoms with van der Waals surface area (Å²) < 4.78 is 0. The van der Waals surface area contributed by atoms with Gasteiger partial charge in [0.05, 0.1) is 5.56 Å². The van der Waals surface area contributed by atoms with Gasteiger partial charge in [0.15, 0.2) is 0 Å². The summed E-state index contributed by atoms with van der Waals surface area (Å²) in [6.07, 6.45) is 5.03. The van der Waals surface area contributed by atoms with Gasteiger partial charge in [-0.25, -0.2) is 9.97 Å². The summed E-state index contributed by atoms with van der Waals surface area (Å²) in [6, 6.07) is 0. The Kier molecular flexibility index (Phi) is 1.33. The van der Waals surface area contributed by atoms with Gasteiger partial charge in [0, 0.05) is 6.20 Å². The van der Waals surface area contributed by atoms with Crippen LogP contribution in [0.1, 0.15) is 5.56 Å². The third kappa shape index (κ3) is 0.852. The highest BCUT2D eigenvalue weighted by Gasteiger charge is 2.12. The van der Waals surface area contributed by atoms with Crippen LogP contribution in [0.3, 0.4) is 0 Å². The van der Waals surface area contributed by atoms with Gasteiger partial charge < -0.3 is 11.1 Å². The molecule has 4 nitrogen and oxygen atoms in total. The zero-order valence-electron chi connectivity index (χ0n) is 6.41. The van der Waals surface area contributed by atoms with E-state index in [2.05, 4.69) is 21.9 Å². The molecule has 0 saturated heterocycles. The second-order valence-electron chi connectivity index (χ2n) is 2.49. The highest BCUT2D eigenvalue weighted by molar-refractivity contribution is 5.87. The summed E-state index contributed by atoms with van der Waals surface area (Å²) in [5, 5.41) is 2.96. The van der Waals surface area contributed by atoms with Crippen molar-refractivity contribution in [2.75, 3.05) is 11.1 Å². The molecular formula is C8H8N4. The molecule has 0 atom stereocenters. The third-order valence-electron chi connectivity index (χ3n) is 1.70. The minimum absolute atomic E-state index is 0.460. The van der Waals surface area contributed by atoms with Crippen molar-refractivity contribution in [3.05, 3.63) is 30.7 Å². The van der Waals surface area contributed by atoms with Crippen molar-refractivity contribution in [1.29, 1.82) is 0 Å². The number of nitrogens with two attached hydrogens (primary N) is 1. The average molecular weight is 160 g/mol. The molecule has 2 heterocycles. The number of nitrogen functional groups attached to an aromatic ring is 1. The molecule has 60 valence electrons. The Balaban J connectivity index is 2.66. The van der Waals surface area contributed by atoms with Crippen LogP contribution < -0.4 is 11.1 Å². The van der Waals surface area contributed by atoms with Crippen LogP contribution in [0.15, 0.2) is 25.2 Å². The lowest BCUT2D eigenvalue weighted by molar-refractivity contribution is 1.16. The molecule has 3 N–H and O–H groups in total. The minimum Gasteiger partial charge on any atom is -0.383 e. The number of allylic oxidation sites excluding steroid dienone is 2. The Labute approximate surface area is 69.8 Å². The van der Waals surface area contributed by atoms with Crippen LogP contribution in [0.25, 0.3) is 5.57 Å².